The Morgan fingerprint density at radius 1 is 1.39 bits per heavy atom. The zero-order valence-corrected chi connectivity index (χ0v) is 19.3. The number of guanidine groups is 1. The van der Waals surface area contributed by atoms with E-state index in [9.17, 15) is 4.39 Å². The van der Waals surface area contributed by atoms with Crippen LogP contribution in [-0.4, -0.2) is 29.4 Å². The van der Waals surface area contributed by atoms with Gasteiger partial charge in [0.15, 0.2) is 5.96 Å². The molecule has 0 spiro atoms. The van der Waals surface area contributed by atoms with Crippen LogP contribution in [0.4, 0.5) is 4.39 Å². The van der Waals surface area contributed by atoms with E-state index in [1.54, 1.807) is 23.5 Å². The lowest BCUT2D eigenvalue weighted by molar-refractivity contribution is 0.474. The molecule has 150 valence electrons. The highest BCUT2D eigenvalue weighted by Crippen LogP contribution is 2.27. The van der Waals surface area contributed by atoms with Crippen LogP contribution >= 0.6 is 35.3 Å². The summed E-state index contributed by atoms with van der Waals surface area (Å²) >= 11 is 1.79. The molecule has 1 aliphatic rings. The molecule has 1 aromatic heterocycles. The van der Waals surface area contributed by atoms with Crippen LogP contribution in [0.1, 0.15) is 46.5 Å². The molecule has 1 heterocycles. The van der Waals surface area contributed by atoms with Gasteiger partial charge in [0.05, 0.1) is 30.4 Å². The first-order chi connectivity index (χ1) is 13.1. The van der Waals surface area contributed by atoms with Gasteiger partial charge in [-0.2, -0.15) is 5.26 Å². The second-order valence-electron chi connectivity index (χ2n) is 6.63. The van der Waals surface area contributed by atoms with Crippen molar-refractivity contribution >= 4 is 41.3 Å². The van der Waals surface area contributed by atoms with E-state index in [0.717, 1.165) is 30.4 Å². The fourth-order valence-corrected chi connectivity index (χ4v) is 4.34. The third kappa shape index (κ3) is 5.64. The molecule has 0 amide bonds. The summed E-state index contributed by atoms with van der Waals surface area (Å²) in [5.41, 5.74) is 2.05. The highest BCUT2D eigenvalue weighted by Gasteiger charge is 2.17. The quantitative estimate of drug-likeness (QED) is 0.369. The number of hydrogen-bond acceptors (Lipinski definition) is 4. The van der Waals surface area contributed by atoms with Crippen LogP contribution in [0.5, 0.6) is 0 Å². The Morgan fingerprint density at radius 2 is 2.18 bits per heavy atom. The molecule has 8 heteroatoms. The van der Waals surface area contributed by atoms with E-state index in [1.165, 1.54) is 29.5 Å². The molecule has 3 rings (SSSR count). The minimum absolute atomic E-state index is 0. The summed E-state index contributed by atoms with van der Waals surface area (Å²) in [7, 11) is 1.97. The van der Waals surface area contributed by atoms with Crippen LogP contribution < -0.4 is 5.32 Å². The van der Waals surface area contributed by atoms with Gasteiger partial charge in [0.25, 0.3) is 0 Å². The van der Waals surface area contributed by atoms with Crippen LogP contribution in [0.3, 0.4) is 0 Å². The predicted octanol–water partition coefficient (Wildman–Crippen LogP) is 4.25. The summed E-state index contributed by atoms with van der Waals surface area (Å²) in [5.74, 6) is 0.318. The van der Waals surface area contributed by atoms with Gasteiger partial charge in [0.1, 0.15) is 10.8 Å². The molecule has 1 aliphatic carbocycles. The van der Waals surface area contributed by atoms with Crippen LogP contribution in [0.2, 0.25) is 0 Å². The number of aromatic nitrogens is 1. The maximum absolute atomic E-state index is 14.1. The number of aryl methyl sites for hydroxylation is 2. The SMILES string of the molecule is CCNC(=NCc1ccc(C#N)cc1F)N(C)Cc1nc2c(s1)CCCC2.I. The highest BCUT2D eigenvalue weighted by atomic mass is 127. The lowest BCUT2D eigenvalue weighted by atomic mass is 10.0. The van der Waals surface area contributed by atoms with Crippen molar-refractivity contribution in [1.82, 2.24) is 15.2 Å². The van der Waals surface area contributed by atoms with Gasteiger partial charge in [-0.25, -0.2) is 14.4 Å². The third-order valence-corrected chi connectivity index (χ3v) is 5.68. The van der Waals surface area contributed by atoms with Gasteiger partial charge in [0, 0.05) is 24.0 Å². The standard InChI is InChI=1S/C20H24FN5S.HI/c1-3-23-20(24-12-15-9-8-14(11-22)10-16(15)21)26(2)13-19-25-17-6-4-5-7-18(17)27-19;/h8-10H,3-7,12-13H2,1-2H3,(H,23,24);1H. The van der Waals surface area contributed by atoms with Gasteiger partial charge in [0.2, 0.25) is 0 Å². The second kappa shape index (κ2) is 10.7. The molecule has 0 bridgehead atoms. The van der Waals surface area contributed by atoms with Gasteiger partial charge < -0.3 is 10.2 Å². The Kier molecular flexibility index (Phi) is 8.63. The summed E-state index contributed by atoms with van der Waals surface area (Å²) < 4.78 is 14.1. The molecule has 0 radical (unpaired) electrons. The van der Waals surface area contributed by atoms with E-state index in [4.69, 9.17) is 10.2 Å². The summed E-state index contributed by atoms with van der Waals surface area (Å²) in [4.78, 5) is 12.8. The molecule has 0 atom stereocenters. The number of aliphatic imine (C=N–C) groups is 1. The van der Waals surface area contributed by atoms with Gasteiger partial charge in [-0.1, -0.05) is 6.07 Å². The molecule has 1 aromatic carbocycles. The monoisotopic (exact) mass is 513 g/mol. The second-order valence-corrected chi connectivity index (χ2v) is 7.80. The largest absolute Gasteiger partial charge is 0.357 e. The van der Waals surface area contributed by atoms with Crippen molar-refractivity contribution in [1.29, 1.82) is 5.26 Å². The number of benzene rings is 1. The van der Waals surface area contributed by atoms with Crippen LogP contribution in [-0.2, 0) is 25.9 Å². The number of thiazole rings is 1. The Labute approximate surface area is 186 Å². The van der Waals surface area contributed by atoms with E-state index in [1.807, 2.05) is 24.9 Å². The fraction of sp³-hybridized carbons (Fsp3) is 0.450. The molecule has 0 aliphatic heterocycles. The Bertz CT molecular complexity index is 850. The van der Waals surface area contributed by atoms with Crippen LogP contribution in [0.25, 0.3) is 0 Å². The van der Waals surface area contributed by atoms with Crippen molar-refractivity contribution in [3.63, 3.8) is 0 Å². The van der Waals surface area contributed by atoms with E-state index in [-0.39, 0.29) is 30.5 Å². The van der Waals surface area contributed by atoms with E-state index in [0.29, 0.717) is 17.7 Å². The van der Waals surface area contributed by atoms with Crippen molar-refractivity contribution in [3.8, 4) is 6.07 Å². The molecule has 1 N–H and O–H groups in total. The summed E-state index contributed by atoms with van der Waals surface area (Å²) in [6.07, 6.45) is 4.71. The summed E-state index contributed by atoms with van der Waals surface area (Å²) in [5, 5.41) is 13.2. The molecule has 0 unspecified atom stereocenters. The van der Waals surface area contributed by atoms with Crippen LogP contribution in [0.15, 0.2) is 23.2 Å². The number of rotatable bonds is 5. The number of fused-ring (bicyclic) bond motifs is 1. The van der Waals surface area contributed by atoms with Crippen molar-refractivity contribution < 1.29 is 4.39 Å². The minimum Gasteiger partial charge on any atom is -0.357 e. The Balaban J connectivity index is 0.00000280. The fourth-order valence-electron chi connectivity index (χ4n) is 3.13. The lowest BCUT2D eigenvalue weighted by Gasteiger charge is -2.21. The highest BCUT2D eigenvalue weighted by molar-refractivity contribution is 14.0. The zero-order valence-electron chi connectivity index (χ0n) is 16.2. The van der Waals surface area contributed by atoms with Crippen molar-refractivity contribution in [2.45, 2.75) is 45.7 Å². The molecule has 28 heavy (non-hydrogen) atoms. The smallest absolute Gasteiger partial charge is 0.194 e. The van der Waals surface area contributed by atoms with E-state index < -0.39 is 5.82 Å². The van der Waals surface area contributed by atoms with Crippen molar-refractivity contribution in [2.24, 2.45) is 4.99 Å². The Hall–Kier alpha value is -1.73. The molecular weight excluding hydrogens is 488 g/mol. The first-order valence-electron chi connectivity index (χ1n) is 9.26. The van der Waals surface area contributed by atoms with Crippen molar-refractivity contribution in [2.75, 3.05) is 13.6 Å². The first-order valence-corrected chi connectivity index (χ1v) is 10.1. The van der Waals surface area contributed by atoms with Crippen molar-refractivity contribution in [3.05, 3.63) is 50.7 Å². The molecular formula is C20H25FIN5S. The van der Waals surface area contributed by atoms with Gasteiger partial charge in [-0.3, -0.25) is 0 Å². The lowest BCUT2D eigenvalue weighted by Crippen LogP contribution is -2.38. The average Bonchev–Trinajstić information content (AvgIpc) is 3.08. The topological polar surface area (TPSA) is 64.3 Å². The maximum atomic E-state index is 14.1. The molecule has 0 saturated heterocycles. The zero-order chi connectivity index (χ0) is 19.2. The van der Waals surface area contributed by atoms with E-state index in [2.05, 4.69) is 10.3 Å². The predicted molar refractivity (Wildman–Crippen MR) is 122 cm³/mol. The normalized spacial score (nSPS) is 13.3. The number of halogens is 2. The first kappa shape index (κ1) is 22.6. The van der Waals surface area contributed by atoms with Crippen LogP contribution in [0, 0.1) is 17.1 Å². The minimum atomic E-state index is -0.399. The number of nitrogens with one attached hydrogen (secondary N) is 1. The maximum Gasteiger partial charge on any atom is 0.194 e. The number of nitrogens with zero attached hydrogens (tertiary/aromatic N) is 4. The Morgan fingerprint density at radius 3 is 2.86 bits per heavy atom. The summed E-state index contributed by atoms with van der Waals surface area (Å²) in [6, 6.07) is 6.43. The third-order valence-electron chi connectivity index (χ3n) is 4.54. The van der Waals surface area contributed by atoms with E-state index >= 15 is 0 Å². The van der Waals surface area contributed by atoms with Gasteiger partial charge in [-0.05, 0) is 44.7 Å². The molecule has 0 fully saturated rings. The van der Waals surface area contributed by atoms with Gasteiger partial charge >= 0.3 is 0 Å². The molecule has 2 aromatic rings. The number of nitriles is 1. The average molecular weight is 513 g/mol. The summed E-state index contributed by atoms with van der Waals surface area (Å²) in [6.45, 7) is 3.64. The molecule has 5 nitrogen and oxygen atoms in total. The molecule has 0 saturated carbocycles. The number of hydrogen-bond donors (Lipinski definition) is 1. The van der Waals surface area contributed by atoms with Gasteiger partial charge in [-0.15, -0.1) is 35.3 Å².